The van der Waals surface area contributed by atoms with E-state index in [0.717, 1.165) is 51.5 Å². The normalized spacial score (nSPS) is 29.6. The summed E-state index contributed by atoms with van der Waals surface area (Å²) in [6.07, 6.45) is 7.02. The van der Waals surface area contributed by atoms with Crippen molar-refractivity contribution >= 4 is 5.91 Å². The van der Waals surface area contributed by atoms with Crippen molar-refractivity contribution in [3.63, 3.8) is 0 Å². The second kappa shape index (κ2) is 6.41. The number of carbonyl (C=O) groups is 1. The molecule has 3 rings (SSSR count). The lowest BCUT2D eigenvalue weighted by atomic mass is 9.78. The second-order valence-electron chi connectivity index (χ2n) is 6.72. The molecule has 1 aliphatic heterocycles. The largest absolute Gasteiger partial charge is 0.445 e. The molecule has 0 bridgehead atoms. The van der Waals surface area contributed by atoms with Crippen LogP contribution >= 0.6 is 0 Å². The van der Waals surface area contributed by atoms with Gasteiger partial charge in [-0.25, -0.2) is 4.98 Å². The molecule has 0 radical (unpaired) electrons. The Labute approximate surface area is 131 Å². The number of rotatable bonds is 2. The van der Waals surface area contributed by atoms with Crippen LogP contribution in [-0.2, 0) is 0 Å². The first-order chi connectivity index (χ1) is 10.6. The van der Waals surface area contributed by atoms with E-state index >= 15 is 0 Å². The first kappa shape index (κ1) is 15.5. The fourth-order valence-corrected chi connectivity index (χ4v) is 4.11. The maximum absolute atomic E-state index is 12.9. The van der Waals surface area contributed by atoms with Crippen LogP contribution in [0.2, 0.25) is 0 Å². The Morgan fingerprint density at radius 1 is 1.18 bits per heavy atom. The summed E-state index contributed by atoms with van der Waals surface area (Å²) in [6, 6.07) is 0.146. The van der Waals surface area contributed by atoms with Gasteiger partial charge in [-0.15, -0.1) is 0 Å². The second-order valence-corrected chi connectivity index (χ2v) is 6.72. The summed E-state index contributed by atoms with van der Waals surface area (Å²) in [4.78, 5) is 19.1. The fourth-order valence-electron chi connectivity index (χ4n) is 4.11. The molecule has 5 nitrogen and oxygen atoms in total. The average molecular weight is 306 g/mol. The van der Waals surface area contributed by atoms with Gasteiger partial charge in [0.1, 0.15) is 5.76 Å². The van der Waals surface area contributed by atoms with Crippen molar-refractivity contribution in [2.75, 3.05) is 6.54 Å². The smallest absolute Gasteiger partial charge is 0.276 e. The number of oxazole rings is 1. The monoisotopic (exact) mass is 306 g/mol. The van der Waals surface area contributed by atoms with Crippen molar-refractivity contribution in [1.29, 1.82) is 0 Å². The molecule has 1 aliphatic carbocycles. The van der Waals surface area contributed by atoms with Gasteiger partial charge in [0.15, 0.2) is 11.6 Å². The maximum atomic E-state index is 12.9. The number of likely N-dealkylation sites (tertiary alicyclic amines) is 1. The predicted molar refractivity (Wildman–Crippen MR) is 82.6 cm³/mol. The highest BCUT2D eigenvalue weighted by molar-refractivity contribution is 5.93. The topological polar surface area (TPSA) is 66.6 Å². The zero-order valence-corrected chi connectivity index (χ0v) is 13.5. The van der Waals surface area contributed by atoms with E-state index in [-0.39, 0.29) is 24.0 Å². The quantitative estimate of drug-likeness (QED) is 0.912. The molecule has 3 unspecified atom stereocenters. The van der Waals surface area contributed by atoms with E-state index in [1.165, 1.54) is 0 Å². The van der Waals surface area contributed by atoms with Crippen LogP contribution in [0.25, 0.3) is 0 Å². The van der Waals surface area contributed by atoms with Gasteiger partial charge in [0.25, 0.3) is 5.91 Å². The van der Waals surface area contributed by atoms with E-state index in [9.17, 15) is 9.90 Å². The number of carbonyl (C=O) groups excluding carboxylic acids is 1. The van der Waals surface area contributed by atoms with E-state index < -0.39 is 0 Å². The van der Waals surface area contributed by atoms with Crippen molar-refractivity contribution in [3.8, 4) is 0 Å². The Morgan fingerprint density at radius 3 is 2.59 bits per heavy atom. The number of aryl methyl sites for hydroxylation is 2. The summed E-state index contributed by atoms with van der Waals surface area (Å²) in [5, 5.41) is 10.4. The van der Waals surface area contributed by atoms with Crippen LogP contribution in [0, 0.1) is 19.8 Å². The number of piperidine rings is 1. The van der Waals surface area contributed by atoms with Crippen molar-refractivity contribution < 1.29 is 14.3 Å². The maximum Gasteiger partial charge on any atom is 0.276 e. The molecule has 1 saturated carbocycles. The third-order valence-electron chi connectivity index (χ3n) is 5.19. The van der Waals surface area contributed by atoms with E-state index in [1.807, 2.05) is 4.90 Å². The third-order valence-corrected chi connectivity index (χ3v) is 5.19. The van der Waals surface area contributed by atoms with Gasteiger partial charge in [-0.1, -0.05) is 12.8 Å². The molecule has 1 aromatic heterocycles. The van der Waals surface area contributed by atoms with Crippen LogP contribution in [0.15, 0.2) is 4.42 Å². The molecular formula is C17H26N2O3. The molecule has 22 heavy (non-hydrogen) atoms. The third kappa shape index (κ3) is 2.91. The molecule has 122 valence electrons. The van der Waals surface area contributed by atoms with Gasteiger partial charge in [-0.05, 0) is 39.0 Å². The summed E-state index contributed by atoms with van der Waals surface area (Å²) in [7, 11) is 0. The number of hydrogen-bond acceptors (Lipinski definition) is 4. The number of amides is 1. The SMILES string of the molecule is Cc1nc(C(=O)N2CCCCC2C2CCCCC2O)c(C)o1. The minimum atomic E-state index is -0.271. The molecule has 2 aliphatic rings. The molecule has 0 spiro atoms. The summed E-state index contributed by atoms with van der Waals surface area (Å²) < 4.78 is 5.42. The van der Waals surface area contributed by atoms with E-state index in [4.69, 9.17) is 4.42 Å². The first-order valence-corrected chi connectivity index (χ1v) is 8.51. The van der Waals surface area contributed by atoms with Crippen LogP contribution < -0.4 is 0 Å². The molecule has 5 heteroatoms. The highest BCUT2D eigenvalue weighted by Gasteiger charge is 2.38. The summed E-state index contributed by atoms with van der Waals surface area (Å²) in [5.74, 6) is 1.31. The number of aliphatic hydroxyl groups is 1. The van der Waals surface area contributed by atoms with E-state index in [1.54, 1.807) is 13.8 Å². The Morgan fingerprint density at radius 2 is 1.91 bits per heavy atom. The molecule has 1 N–H and O–H groups in total. The lowest BCUT2D eigenvalue weighted by molar-refractivity contribution is -0.00155. The molecule has 0 aromatic carbocycles. The van der Waals surface area contributed by atoms with E-state index in [2.05, 4.69) is 4.98 Å². The van der Waals surface area contributed by atoms with Crippen molar-refractivity contribution in [2.45, 2.75) is 70.9 Å². The molecule has 2 fully saturated rings. The molecule has 2 heterocycles. The highest BCUT2D eigenvalue weighted by atomic mass is 16.4. The molecule has 1 aromatic rings. The summed E-state index contributed by atoms with van der Waals surface area (Å²) in [6.45, 7) is 4.32. The van der Waals surface area contributed by atoms with Gasteiger partial charge in [-0.3, -0.25) is 4.79 Å². The Kier molecular flexibility index (Phi) is 4.52. The van der Waals surface area contributed by atoms with Gasteiger partial charge in [0.05, 0.1) is 6.10 Å². The van der Waals surface area contributed by atoms with Crippen LogP contribution in [-0.4, -0.2) is 39.6 Å². The molecular weight excluding hydrogens is 280 g/mol. The number of nitrogens with zero attached hydrogens (tertiary/aromatic N) is 2. The average Bonchev–Trinajstić information content (AvgIpc) is 2.86. The minimum absolute atomic E-state index is 0.0307. The predicted octanol–water partition coefficient (Wildman–Crippen LogP) is 2.84. The van der Waals surface area contributed by atoms with Crippen LogP contribution in [0.4, 0.5) is 0 Å². The standard InChI is InChI=1S/C17H26N2O3/c1-11-16(18-12(2)22-11)17(21)19-10-6-5-8-14(19)13-7-3-4-9-15(13)20/h13-15,20H,3-10H2,1-2H3. The van der Waals surface area contributed by atoms with E-state index in [0.29, 0.717) is 17.3 Å². The highest BCUT2D eigenvalue weighted by Crippen LogP contribution is 2.34. The molecule has 1 saturated heterocycles. The fraction of sp³-hybridized carbons (Fsp3) is 0.765. The van der Waals surface area contributed by atoms with Crippen molar-refractivity contribution in [3.05, 3.63) is 17.3 Å². The zero-order chi connectivity index (χ0) is 15.7. The van der Waals surface area contributed by atoms with Gasteiger partial charge in [-0.2, -0.15) is 0 Å². The van der Waals surface area contributed by atoms with Gasteiger partial charge < -0.3 is 14.4 Å². The Hall–Kier alpha value is -1.36. The number of aromatic nitrogens is 1. The van der Waals surface area contributed by atoms with Crippen molar-refractivity contribution in [2.24, 2.45) is 5.92 Å². The summed E-state index contributed by atoms with van der Waals surface area (Å²) >= 11 is 0. The Balaban J connectivity index is 1.83. The van der Waals surface area contributed by atoms with Crippen LogP contribution in [0.5, 0.6) is 0 Å². The molecule has 3 atom stereocenters. The van der Waals surface area contributed by atoms with Crippen LogP contribution in [0.1, 0.15) is 67.1 Å². The van der Waals surface area contributed by atoms with Gasteiger partial charge in [0.2, 0.25) is 0 Å². The lowest BCUT2D eigenvalue weighted by Crippen LogP contribution is -2.51. The molecule has 1 amide bonds. The van der Waals surface area contributed by atoms with Crippen LogP contribution in [0.3, 0.4) is 0 Å². The van der Waals surface area contributed by atoms with Crippen molar-refractivity contribution in [1.82, 2.24) is 9.88 Å². The number of aliphatic hydroxyl groups excluding tert-OH is 1. The first-order valence-electron chi connectivity index (χ1n) is 8.51. The summed E-state index contributed by atoms with van der Waals surface area (Å²) in [5.41, 5.74) is 0.440. The van der Waals surface area contributed by atoms with Gasteiger partial charge in [0, 0.05) is 25.4 Å². The van der Waals surface area contributed by atoms with Gasteiger partial charge >= 0.3 is 0 Å². The minimum Gasteiger partial charge on any atom is -0.445 e. The Bertz CT molecular complexity index is 540. The zero-order valence-electron chi connectivity index (χ0n) is 13.5. The number of hydrogen-bond donors (Lipinski definition) is 1. The lowest BCUT2D eigenvalue weighted by Gasteiger charge is -2.43.